The van der Waals surface area contributed by atoms with Crippen molar-refractivity contribution < 1.29 is 9.59 Å². The van der Waals surface area contributed by atoms with E-state index in [1.165, 1.54) is 24.9 Å². The Hall–Kier alpha value is -2.12. The van der Waals surface area contributed by atoms with Crippen molar-refractivity contribution in [1.82, 2.24) is 15.1 Å². The molecule has 1 aromatic rings. The highest BCUT2D eigenvalue weighted by Crippen LogP contribution is 2.21. The molecule has 2 amide bonds. The summed E-state index contributed by atoms with van der Waals surface area (Å²) in [6.45, 7) is 10.2. The molecule has 0 bridgehead atoms. The number of nitrogens with one attached hydrogen (secondary N) is 2. The number of rotatable bonds is 7. The highest BCUT2D eigenvalue weighted by Gasteiger charge is 2.21. The van der Waals surface area contributed by atoms with Crippen molar-refractivity contribution in [2.45, 2.75) is 39.2 Å². The van der Waals surface area contributed by atoms with Gasteiger partial charge >= 0.3 is 0 Å². The SMILES string of the molecule is CC(C)NC(=O)CN1CCN(CC(=O)Nc2ccc(N3CCCCC3)cc2)CC1. The Labute approximate surface area is 174 Å². The first-order chi connectivity index (χ1) is 14.0. The van der Waals surface area contributed by atoms with E-state index in [0.29, 0.717) is 13.1 Å². The van der Waals surface area contributed by atoms with E-state index >= 15 is 0 Å². The van der Waals surface area contributed by atoms with E-state index in [4.69, 9.17) is 0 Å². The van der Waals surface area contributed by atoms with Crippen LogP contribution in [0.15, 0.2) is 24.3 Å². The van der Waals surface area contributed by atoms with Crippen molar-refractivity contribution in [1.29, 1.82) is 0 Å². The first-order valence-corrected chi connectivity index (χ1v) is 10.9. The first kappa shape index (κ1) is 21.6. The van der Waals surface area contributed by atoms with E-state index in [0.717, 1.165) is 45.0 Å². The summed E-state index contributed by atoms with van der Waals surface area (Å²) >= 11 is 0. The molecule has 2 aliphatic heterocycles. The van der Waals surface area contributed by atoms with Crippen molar-refractivity contribution in [2.75, 3.05) is 62.6 Å². The molecule has 0 aliphatic carbocycles. The van der Waals surface area contributed by atoms with Crippen LogP contribution < -0.4 is 15.5 Å². The van der Waals surface area contributed by atoms with Crippen LogP contribution in [0, 0.1) is 0 Å². The number of nitrogens with zero attached hydrogens (tertiary/aromatic N) is 3. The Bertz CT molecular complexity index is 662. The molecule has 2 aliphatic rings. The van der Waals surface area contributed by atoms with E-state index in [9.17, 15) is 9.59 Å². The van der Waals surface area contributed by atoms with Crippen molar-refractivity contribution in [2.24, 2.45) is 0 Å². The van der Waals surface area contributed by atoms with Crippen LogP contribution in [0.5, 0.6) is 0 Å². The molecular weight excluding hydrogens is 366 g/mol. The van der Waals surface area contributed by atoms with Gasteiger partial charge in [-0.3, -0.25) is 19.4 Å². The predicted octanol–water partition coefficient (Wildman–Crippen LogP) is 1.76. The minimum absolute atomic E-state index is 0.0155. The van der Waals surface area contributed by atoms with Crippen molar-refractivity contribution >= 4 is 23.2 Å². The summed E-state index contributed by atoms with van der Waals surface area (Å²) in [5.74, 6) is 0.0842. The quantitative estimate of drug-likeness (QED) is 0.729. The summed E-state index contributed by atoms with van der Waals surface area (Å²) in [6, 6.07) is 8.35. The zero-order chi connectivity index (χ0) is 20.6. The predicted molar refractivity (Wildman–Crippen MR) is 117 cm³/mol. The molecule has 2 N–H and O–H groups in total. The third-order valence-electron chi connectivity index (χ3n) is 5.52. The van der Waals surface area contributed by atoms with Crippen LogP contribution in [0.4, 0.5) is 11.4 Å². The molecule has 29 heavy (non-hydrogen) atoms. The van der Waals surface area contributed by atoms with Crippen LogP contribution in [0.2, 0.25) is 0 Å². The van der Waals surface area contributed by atoms with Crippen LogP contribution in [-0.4, -0.2) is 80.0 Å². The number of anilines is 2. The molecule has 7 nitrogen and oxygen atoms in total. The summed E-state index contributed by atoms with van der Waals surface area (Å²) in [5.41, 5.74) is 2.08. The maximum absolute atomic E-state index is 12.4. The minimum Gasteiger partial charge on any atom is -0.372 e. The fourth-order valence-electron chi connectivity index (χ4n) is 3.99. The van der Waals surface area contributed by atoms with Crippen molar-refractivity contribution in [3.8, 4) is 0 Å². The zero-order valence-corrected chi connectivity index (χ0v) is 17.8. The normalized spacial score (nSPS) is 18.7. The lowest BCUT2D eigenvalue weighted by molar-refractivity contribution is -0.124. The Kier molecular flexibility index (Phi) is 7.89. The largest absolute Gasteiger partial charge is 0.372 e. The van der Waals surface area contributed by atoms with Crippen LogP contribution in [-0.2, 0) is 9.59 Å². The lowest BCUT2D eigenvalue weighted by atomic mass is 10.1. The third kappa shape index (κ3) is 7.01. The van der Waals surface area contributed by atoms with E-state index in [1.54, 1.807) is 0 Å². The lowest BCUT2D eigenvalue weighted by Gasteiger charge is -2.34. The van der Waals surface area contributed by atoms with Crippen molar-refractivity contribution in [3.05, 3.63) is 24.3 Å². The summed E-state index contributed by atoms with van der Waals surface area (Å²) in [6.07, 6.45) is 3.84. The second kappa shape index (κ2) is 10.6. The number of carbonyl (C=O) groups is 2. The summed E-state index contributed by atoms with van der Waals surface area (Å²) in [4.78, 5) is 31.0. The maximum Gasteiger partial charge on any atom is 0.238 e. The third-order valence-corrected chi connectivity index (χ3v) is 5.52. The number of piperazine rings is 1. The highest BCUT2D eigenvalue weighted by molar-refractivity contribution is 5.92. The zero-order valence-electron chi connectivity index (χ0n) is 17.8. The molecule has 2 heterocycles. The van der Waals surface area contributed by atoms with Crippen LogP contribution in [0.1, 0.15) is 33.1 Å². The van der Waals surface area contributed by atoms with Gasteiger partial charge in [0.25, 0.3) is 0 Å². The molecule has 1 aromatic carbocycles. The minimum atomic E-state index is 0.0155. The highest BCUT2D eigenvalue weighted by atomic mass is 16.2. The van der Waals surface area contributed by atoms with Crippen LogP contribution >= 0.6 is 0 Å². The molecule has 0 saturated carbocycles. The standard InChI is InChI=1S/C22H35N5O2/c1-18(2)23-21(28)16-25-12-14-26(15-13-25)17-22(29)24-19-6-8-20(9-7-19)27-10-4-3-5-11-27/h6-9,18H,3-5,10-17H2,1-2H3,(H,23,28)(H,24,29). The van der Waals surface area contributed by atoms with Gasteiger partial charge in [0.2, 0.25) is 11.8 Å². The second-order valence-electron chi connectivity index (χ2n) is 8.42. The van der Waals surface area contributed by atoms with Gasteiger partial charge in [0.05, 0.1) is 13.1 Å². The second-order valence-corrected chi connectivity index (χ2v) is 8.42. The monoisotopic (exact) mass is 401 g/mol. The number of benzene rings is 1. The number of carbonyl (C=O) groups excluding carboxylic acids is 2. The van der Waals surface area contributed by atoms with Gasteiger partial charge in [-0.1, -0.05) is 0 Å². The van der Waals surface area contributed by atoms with E-state index in [-0.39, 0.29) is 17.9 Å². The molecule has 0 unspecified atom stereocenters. The van der Waals surface area contributed by atoms with Crippen LogP contribution in [0.25, 0.3) is 0 Å². The first-order valence-electron chi connectivity index (χ1n) is 10.9. The van der Waals surface area contributed by atoms with E-state index < -0.39 is 0 Å². The molecule has 7 heteroatoms. The molecule has 2 fully saturated rings. The molecule has 0 radical (unpaired) electrons. The summed E-state index contributed by atoms with van der Waals surface area (Å²) in [7, 11) is 0. The maximum atomic E-state index is 12.4. The smallest absolute Gasteiger partial charge is 0.238 e. The van der Waals surface area contributed by atoms with Gasteiger partial charge in [-0.25, -0.2) is 0 Å². The van der Waals surface area contributed by atoms with Gasteiger partial charge in [-0.2, -0.15) is 0 Å². The Balaban J connectivity index is 1.38. The molecule has 0 spiro atoms. The molecule has 160 valence electrons. The number of hydrogen-bond acceptors (Lipinski definition) is 5. The Morgan fingerprint density at radius 3 is 1.93 bits per heavy atom. The molecular formula is C22H35N5O2. The average molecular weight is 402 g/mol. The molecule has 0 atom stereocenters. The lowest BCUT2D eigenvalue weighted by Crippen LogP contribution is -2.51. The summed E-state index contributed by atoms with van der Waals surface area (Å²) < 4.78 is 0. The molecule has 2 saturated heterocycles. The van der Waals surface area contributed by atoms with Gasteiger partial charge in [0.1, 0.15) is 0 Å². The number of amides is 2. The van der Waals surface area contributed by atoms with Crippen LogP contribution in [0.3, 0.4) is 0 Å². The van der Waals surface area contributed by atoms with Gasteiger partial charge in [-0.15, -0.1) is 0 Å². The molecule has 3 rings (SSSR count). The summed E-state index contributed by atoms with van der Waals surface area (Å²) in [5, 5.41) is 5.93. The average Bonchev–Trinajstić information content (AvgIpc) is 2.70. The van der Waals surface area contributed by atoms with Gasteiger partial charge in [0, 0.05) is 56.7 Å². The van der Waals surface area contributed by atoms with E-state index in [1.807, 2.05) is 26.0 Å². The fourth-order valence-corrected chi connectivity index (χ4v) is 3.99. The van der Waals surface area contributed by atoms with E-state index in [2.05, 4.69) is 37.5 Å². The Morgan fingerprint density at radius 1 is 0.828 bits per heavy atom. The van der Waals surface area contributed by atoms with Gasteiger partial charge in [0.15, 0.2) is 0 Å². The molecule has 0 aromatic heterocycles. The Morgan fingerprint density at radius 2 is 1.38 bits per heavy atom. The van der Waals surface area contributed by atoms with Gasteiger partial charge in [-0.05, 0) is 57.4 Å². The van der Waals surface area contributed by atoms with Gasteiger partial charge < -0.3 is 15.5 Å². The van der Waals surface area contributed by atoms with Crippen molar-refractivity contribution in [3.63, 3.8) is 0 Å². The topological polar surface area (TPSA) is 67.9 Å². The number of hydrogen-bond donors (Lipinski definition) is 2. The number of piperidine rings is 1. The fraction of sp³-hybridized carbons (Fsp3) is 0.636.